The summed E-state index contributed by atoms with van der Waals surface area (Å²) in [6, 6.07) is 6.22. The number of benzene rings is 1. The van der Waals surface area contributed by atoms with Crippen molar-refractivity contribution >= 4 is 28.8 Å². The molecule has 0 spiro atoms. The number of thioether (sulfide) groups is 1. The van der Waals surface area contributed by atoms with E-state index in [2.05, 4.69) is 10.3 Å². The Morgan fingerprint density at radius 3 is 2.50 bits per heavy atom. The van der Waals surface area contributed by atoms with Crippen molar-refractivity contribution in [1.29, 1.82) is 0 Å². The first-order valence-corrected chi connectivity index (χ1v) is 7.63. The maximum atomic E-state index is 12.2. The molecule has 1 N–H and O–H groups in total. The third-order valence-electron chi connectivity index (χ3n) is 2.46. The van der Waals surface area contributed by atoms with E-state index >= 15 is 0 Å². The fourth-order valence-corrected chi connectivity index (χ4v) is 2.90. The van der Waals surface area contributed by atoms with Crippen LogP contribution in [0.2, 0.25) is 0 Å². The normalized spacial score (nSPS) is 11.6. The van der Waals surface area contributed by atoms with Crippen LogP contribution in [-0.4, -0.2) is 10.5 Å². The van der Waals surface area contributed by atoms with E-state index in [0.29, 0.717) is 6.54 Å². The fourth-order valence-electron chi connectivity index (χ4n) is 1.56. The quantitative estimate of drug-likeness (QED) is 0.791. The molecule has 2 nitrogen and oxygen atoms in total. The van der Waals surface area contributed by atoms with E-state index in [4.69, 9.17) is 0 Å². The molecule has 2 rings (SSSR count). The molecule has 1 heterocycles. The van der Waals surface area contributed by atoms with E-state index in [-0.39, 0.29) is 16.7 Å². The van der Waals surface area contributed by atoms with Gasteiger partial charge in [0.05, 0.1) is 11.6 Å². The van der Waals surface area contributed by atoms with E-state index in [9.17, 15) is 13.2 Å². The smallest absolute Gasteiger partial charge is 0.380 e. The molecule has 0 unspecified atom stereocenters. The topological polar surface area (TPSA) is 24.9 Å². The highest BCUT2D eigenvalue weighted by Crippen LogP contribution is 2.37. The van der Waals surface area contributed by atoms with Crippen LogP contribution < -0.4 is 5.32 Å². The minimum atomic E-state index is -4.24. The summed E-state index contributed by atoms with van der Waals surface area (Å²) in [5.74, 6) is 0. The monoisotopic (exact) mass is 318 g/mol. The fraction of sp³-hybridized carbons (Fsp3) is 0.308. The second-order valence-corrected chi connectivity index (χ2v) is 6.34. The molecule has 0 aliphatic carbocycles. The zero-order valence-corrected chi connectivity index (χ0v) is 12.3. The van der Waals surface area contributed by atoms with Gasteiger partial charge in [0.15, 0.2) is 0 Å². The molecule has 0 aliphatic rings. The van der Waals surface area contributed by atoms with Gasteiger partial charge in [-0.2, -0.15) is 13.2 Å². The number of alkyl halides is 3. The Balaban J connectivity index is 1.90. The molecule has 1 aromatic heterocycles. The summed E-state index contributed by atoms with van der Waals surface area (Å²) >= 11 is 1.53. The Morgan fingerprint density at radius 1 is 1.25 bits per heavy atom. The van der Waals surface area contributed by atoms with Gasteiger partial charge in [-0.3, -0.25) is 0 Å². The van der Waals surface area contributed by atoms with Gasteiger partial charge in [-0.15, -0.1) is 11.3 Å². The van der Waals surface area contributed by atoms with Crippen molar-refractivity contribution in [2.75, 3.05) is 5.32 Å². The number of hydrogen-bond acceptors (Lipinski definition) is 4. The summed E-state index contributed by atoms with van der Waals surface area (Å²) in [4.78, 5) is 5.55. The van der Waals surface area contributed by atoms with Gasteiger partial charge in [-0.25, -0.2) is 4.98 Å². The number of halogens is 3. The first-order valence-electron chi connectivity index (χ1n) is 5.99. The molecular weight excluding hydrogens is 305 g/mol. The van der Waals surface area contributed by atoms with E-state index in [1.165, 1.54) is 12.1 Å². The predicted octanol–water partition coefficient (Wildman–Crippen LogP) is 4.93. The van der Waals surface area contributed by atoms with Crippen LogP contribution >= 0.6 is 23.1 Å². The highest BCUT2D eigenvalue weighted by molar-refractivity contribution is 8.00. The molecule has 108 valence electrons. The third kappa shape index (κ3) is 4.72. The second-order valence-electron chi connectivity index (χ2n) is 4.00. The van der Waals surface area contributed by atoms with Crippen molar-refractivity contribution in [3.63, 3.8) is 0 Å². The van der Waals surface area contributed by atoms with E-state index in [1.54, 1.807) is 23.5 Å². The van der Waals surface area contributed by atoms with Crippen LogP contribution in [0.4, 0.5) is 18.9 Å². The lowest BCUT2D eigenvalue weighted by Crippen LogP contribution is -2.00. The number of thiazole rings is 1. The van der Waals surface area contributed by atoms with Gasteiger partial charge in [0.2, 0.25) is 0 Å². The van der Waals surface area contributed by atoms with Gasteiger partial charge in [0.25, 0.3) is 0 Å². The molecular formula is C13H13F3N2S2. The lowest BCUT2D eigenvalue weighted by molar-refractivity contribution is -0.0328. The van der Waals surface area contributed by atoms with Gasteiger partial charge in [0.1, 0.15) is 0 Å². The van der Waals surface area contributed by atoms with Crippen LogP contribution in [-0.2, 0) is 13.0 Å². The summed E-state index contributed by atoms with van der Waals surface area (Å²) < 4.78 is 36.6. The number of nitrogens with one attached hydrogen (secondary N) is 1. The first kappa shape index (κ1) is 15.2. The lowest BCUT2D eigenvalue weighted by Gasteiger charge is -2.07. The summed E-state index contributed by atoms with van der Waals surface area (Å²) in [5.41, 5.74) is -3.45. The van der Waals surface area contributed by atoms with Crippen molar-refractivity contribution in [2.24, 2.45) is 0 Å². The van der Waals surface area contributed by atoms with E-state index in [0.717, 1.165) is 22.0 Å². The minimum absolute atomic E-state index is 0.105. The Labute approximate surface area is 123 Å². The Morgan fingerprint density at radius 2 is 1.95 bits per heavy atom. The standard InChI is InChI=1S/C13H13F3N2S2/c1-2-12-18-8-11(19-12)7-17-9-3-5-10(6-4-9)20-13(14,15)16/h3-6,8,17H,2,7H2,1H3. The largest absolute Gasteiger partial charge is 0.446 e. The van der Waals surface area contributed by atoms with Crippen LogP contribution in [0.5, 0.6) is 0 Å². The van der Waals surface area contributed by atoms with Crippen LogP contribution in [0.15, 0.2) is 35.4 Å². The Kier molecular flexibility index (Phi) is 4.93. The van der Waals surface area contributed by atoms with Crippen LogP contribution in [0.1, 0.15) is 16.8 Å². The summed E-state index contributed by atoms with van der Waals surface area (Å²) in [6.45, 7) is 2.68. The van der Waals surface area contributed by atoms with Crippen molar-refractivity contribution in [3.8, 4) is 0 Å². The summed E-state index contributed by atoms with van der Waals surface area (Å²) in [6.07, 6.45) is 2.73. The second kappa shape index (κ2) is 6.49. The Bertz CT molecular complexity index is 549. The molecule has 0 radical (unpaired) electrons. The highest BCUT2D eigenvalue weighted by atomic mass is 32.2. The van der Waals surface area contributed by atoms with Crippen LogP contribution in [0.25, 0.3) is 0 Å². The van der Waals surface area contributed by atoms with Crippen molar-refractivity contribution in [3.05, 3.63) is 40.3 Å². The zero-order valence-electron chi connectivity index (χ0n) is 10.7. The number of aryl methyl sites for hydroxylation is 1. The van der Waals surface area contributed by atoms with Crippen molar-refractivity contribution in [1.82, 2.24) is 4.98 Å². The van der Waals surface area contributed by atoms with E-state index in [1.807, 2.05) is 13.1 Å². The number of rotatable bonds is 5. The van der Waals surface area contributed by atoms with Gasteiger partial charge in [-0.1, -0.05) is 6.92 Å². The molecule has 0 saturated carbocycles. The average Bonchev–Trinajstić information content (AvgIpc) is 2.84. The van der Waals surface area contributed by atoms with Crippen LogP contribution in [0.3, 0.4) is 0 Å². The molecule has 7 heteroatoms. The first-order chi connectivity index (χ1) is 9.46. The summed E-state index contributed by atoms with van der Waals surface area (Å²) in [7, 11) is 0. The number of aromatic nitrogens is 1. The molecule has 0 aliphatic heterocycles. The van der Waals surface area contributed by atoms with Gasteiger partial charge in [0, 0.05) is 21.7 Å². The predicted molar refractivity (Wildman–Crippen MR) is 77.2 cm³/mol. The number of anilines is 1. The molecule has 0 bridgehead atoms. The maximum absolute atomic E-state index is 12.2. The average molecular weight is 318 g/mol. The zero-order chi connectivity index (χ0) is 14.6. The molecule has 2 aromatic rings. The van der Waals surface area contributed by atoms with Gasteiger partial charge < -0.3 is 5.32 Å². The third-order valence-corrected chi connectivity index (χ3v) is 4.34. The molecule has 0 fully saturated rings. The van der Waals surface area contributed by atoms with Crippen molar-refractivity contribution in [2.45, 2.75) is 30.3 Å². The van der Waals surface area contributed by atoms with Gasteiger partial charge in [-0.05, 0) is 42.4 Å². The summed E-state index contributed by atoms with van der Waals surface area (Å²) in [5, 5.41) is 4.25. The van der Waals surface area contributed by atoms with Crippen LogP contribution in [0, 0.1) is 0 Å². The van der Waals surface area contributed by atoms with Gasteiger partial charge >= 0.3 is 5.51 Å². The Hall–Kier alpha value is -1.21. The molecule has 0 amide bonds. The molecule has 0 atom stereocenters. The van der Waals surface area contributed by atoms with Crippen molar-refractivity contribution < 1.29 is 13.2 Å². The SMILES string of the molecule is CCc1ncc(CNc2ccc(SC(F)(F)F)cc2)s1. The molecule has 0 saturated heterocycles. The molecule has 1 aromatic carbocycles. The number of nitrogens with zero attached hydrogens (tertiary/aromatic N) is 1. The maximum Gasteiger partial charge on any atom is 0.446 e. The molecule has 20 heavy (non-hydrogen) atoms. The van der Waals surface area contributed by atoms with E-state index < -0.39 is 5.51 Å². The lowest BCUT2D eigenvalue weighted by atomic mass is 10.3. The highest BCUT2D eigenvalue weighted by Gasteiger charge is 2.28. The number of hydrogen-bond donors (Lipinski definition) is 1. The minimum Gasteiger partial charge on any atom is -0.380 e.